The van der Waals surface area contributed by atoms with Crippen molar-refractivity contribution in [2.24, 2.45) is 0 Å². The van der Waals surface area contributed by atoms with Crippen molar-refractivity contribution in [1.29, 1.82) is 5.26 Å². The maximum absolute atomic E-state index is 12.1. The summed E-state index contributed by atoms with van der Waals surface area (Å²) in [5.41, 5.74) is 4.30. The predicted octanol–water partition coefficient (Wildman–Crippen LogP) is 3.38. The fraction of sp³-hybridized carbons (Fsp3) is 0.542. The first kappa shape index (κ1) is 21.2. The van der Waals surface area contributed by atoms with E-state index < -0.39 is 0 Å². The van der Waals surface area contributed by atoms with Crippen molar-refractivity contribution >= 4 is 11.9 Å². The van der Waals surface area contributed by atoms with Crippen LogP contribution >= 0.6 is 0 Å². The minimum Gasteiger partial charge on any atom is -0.342 e. The molecule has 1 amide bonds. The molecule has 2 aliphatic heterocycles. The van der Waals surface area contributed by atoms with E-state index in [9.17, 15) is 4.79 Å². The lowest BCUT2D eigenvalue weighted by molar-refractivity contribution is -0.131. The summed E-state index contributed by atoms with van der Waals surface area (Å²) in [5.74, 6) is 1.08. The van der Waals surface area contributed by atoms with Crippen LogP contribution in [0.2, 0.25) is 0 Å². The molecule has 2 saturated heterocycles. The average Bonchev–Trinajstić information content (AvgIpc) is 2.80. The Morgan fingerprint density at radius 2 is 1.87 bits per heavy atom. The lowest BCUT2D eigenvalue weighted by Crippen LogP contribution is -2.38. The van der Waals surface area contributed by atoms with Crippen molar-refractivity contribution in [3.05, 3.63) is 47.0 Å². The Hall–Kier alpha value is -3.01. The van der Waals surface area contributed by atoms with E-state index in [1.54, 1.807) is 0 Å². The van der Waals surface area contributed by atoms with Gasteiger partial charge in [-0.15, -0.1) is 0 Å². The Labute approximate surface area is 184 Å². The zero-order valence-electron chi connectivity index (χ0n) is 18.3. The summed E-state index contributed by atoms with van der Waals surface area (Å²) in [4.78, 5) is 30.6. The fourth-order valence-electron chi connectivity index (χ4n) is 4.52. The summed E-state index contributed by atoms with van der Waals surface area (Å²) in [7, 11) is 0. The van der Waals surface area contributed by atoms with E-state index in [2.05, 4.69) is 28.9 Å². The minimum atomic E-state index is -0.0659. The lowest BCUT2D eigenvalue weighted by Gasteiger charge is -2.32. The van der Waals surface area contributed by atoms with Crippen LogP contribution < -0.4 is 4.90 Å². The van der Waals surface area contributed by atoms with E-state index in [4.69, 9.17) is 15.2 Å². The van der Waals surface area contributed by atoms with Crippen molar-refractivity contribution in [2.45, 2.75) is 57.8 Å². The molecule has 0 spiro atoms. The first-order valence-electron chi connectivity index (χ1n) is 11.3. The van der Waals surface area contributed by atoms with Gasteiger partial charge in [0.1, 0.15) is 6.42 Å². The van der Waals surface area contributed by atoms with Crippen molar-refractivity contribution < 1.29 is 4.79 Å². The smallest absolute Gasteiger partial charge is 0.236 e. The molecular weight excluding hydrogens is 388 g/mol. The Morgan fingerprint density at radius 1 is 1.10 bits per heavy atom. The summed E-state index contributed by atoms with van der Waals surface area (Å²) in [6.07, 6.45) is 7.88. The summed E-state index contributed by atoms with van der Waals surface area (Å²) in [6.45, 7) is 5.46. The van der Waals surface area contributed by atoms with Gasteiger partial charge in [0, 0.05) is 56.1 Å². The van der Waals surface area contributed by atoms with Crippen LogP contribution in [0.3, 0.4) is 0 Å². The van der Waals surface area contributed by atoms with Gasteiger partial charge in [0.05, 0.1) is 11.8 Å². The van der Waals surface area contributed by atoms with Crippen LogP contribution in [0.1, 0.15) is 67.1 Å². The second kappa shape index (κ2) is 9.86. The highest BCUT2D eigenvalue weighted by Crippen LogP contribution is 2.29. The van der Waals surface area contributed by atoms with Gasteiger partial charge >= 0.3 is 0 Å². The number of aromatic nitrogens is 3. The predicted molar refractivity (Wildman–Crippen MR) is 119 cm³/mol. The van der Waals surface area contributed by atoms with Gasteiger partial charge in [0.2, 0.25) is 11.9 Å². The van der Waals surface area contributed by atoms with Gasteiger partial charge in [-0.2, -0.15) is 5.26 Å². The third-order valence-corrected chi connectivity index (χ3v) is 6.26. The highest BCUT2D eigenvalue weighted by molar-refractivity contribution is 5.78. The number of hydrogen-bond donors (Lipinski definition) is 0. The highest BCUT2D eigenvalue weighted by Gasteiger charge is 2.26. The van der Waals surface area contributed by atoms with Gasteiger partial charge in [0.25, 0.3) is 0 Å². The fourth-order valence-corrected chi connectivity index (χ4v) is 4.52. The number of hydrogen-bond acceptors (Lipinski definition) is 6. The van der Waals surface area contributed by atoms with Gasteiger partial charge < -0.3 is 9.80 Å². The summed E-state index contributed by atoms with van der Waals surface area (Å²) < 4.78 is 0. The maximum atomic E-state index is 12.1. The van der Waals surface area contributed by atoms with E-state index in [0.717, 1.165) is 49.0 Å². The molecule has 0 bridgehead atoms. The van der Waals surface area contributed by atoms with Gasteiger partial charge in [-0.3, -0.25) is 9.78 Å². The maximum Gasteiger partial charge on any atom is 0.236 e. The van der Waals surface area contributed by atoms with Crippen LogP contribution in [0.5, 0.6) is 0 Å². The molecule has 0 atom stereocenters. The Morgan fingerprint density at radius 3 is 2.58 bits per heavy atom. The molecule has 0 radical (unpaired) electrons. The third-order valence-electron chi connectivity index (χ3n) is 6.26. The molecular formula is C24H30N6O. The van der Waals surface area contributed by atoms with E-state index in [-0.39, 0.29) is 12.3 Å². The molecule has 0 saturated carbocycles. The molecule has 4 heterocycles. The van der Waals surface area contributed by atoms with Crippen LogP contribution in [0.25, 0.3) is 0 Å². The number of amides is 1. The topological polar surface area (TPSA) is 86.0 Å². The molecule has 2 aromatic rings. The molecule has 7 heteroatoms. The largest absolute Gasteiger partial charge is 0.342 e. The Bertz CT molecular complexity index is 955. The molecule has 4 rings (SSSR count). The number of nitriles is 1. The molecule has 0 N–H and O–H groups in total. The quantitative estimate of drug-likeness (QED) is 0.740. The second-order valence-electron chi connectivity index (χ2n) is 8.62. The lowest BCUT2D eigenvalue weighted by atomic mass is 9.92. The van der Waals surface area contributed by atoms with Gasteiger partial charge in [-0.05, 0) is 62.8 Å². The monoisotopic (exact) mass is 418 g/mol. The SMILES string of the molecule is Cc1ccnc(Cc2cc(C3CCN(C(=O)CC#N)CC3)nc(N3CCCCC3)n2)c1. The van der Waals surface area contributed by atoms with Crippen LogP contribution in [0, 0.1) is 18.3 Å². The number of pyridine rings is 1. The number of carbonyl (C=O) groups excluding carboxylic acids is 1. The standard InChI is InChI=1S/C24H30N6O/c1-18-6-10-26-20(15-18)16-21-17-22(28-24(27-21)30-11-3-2-4-12-30)19-7-13-29(14-8-19)23(31)5-9-25/h6,10,15,17,19H,2-5,7-8,11-14,16H2,1H3. The van der Waals surface area contributed by atoms with E-state index in [1.165, 1.54) is 24.8 Å². The molecule has 162 valence electrons. The summed E-state index contributed by atoms with van der Waals surface area (Å²) in [5, 5.41) is 8.80. The van der Waals surface area contributed by atoms with Crippen LogP contribution in [-0.2, 0) is 11.2 Å². The minimum absolute atomic E-state index is 0.0368. The van der Waals surface area contributed by atoms with E-state index >= 15 is 0 Å². The normalized spacial score (nSPS) is 17.4. The first-order valence-corrected chi connectivity index (χ1v) is 11.3. The number of aryl methyl sites for hydroxylation is 1. The first-order chi connectivity index (χ1) is 15.1. The number of nitrogens with zero attached hydrogens (tertiary/aromatic N) is 6. The average molecular weight is 419 g/mol. The zero-order valence-corrected chi connectivity index (χ0v) is 18.3. The molecule has 31 heavy (non-hydrogen) atoms. The van der Waals surface area contributed by atoms with E-state index in [1.807, 2.05) is 23.2 Å². The molecule has 0 unspecified atom stereocenters. The number of piperidine rings is 2. The number of rotatable bonds is 5. The number of anilines is 1. The molecule has 2 aliphatic rings. The molecule has 2 aromatic heterocycles. The van der Waals surface area contributed by atoms with Crippen molar-refractivity contribution in [2.75, 3.05) is 31.1 Å². The van der Waals surface area contributed by atoms with Crippen molar-refractivity contribution in [3.8, 4) is 6.07 Å². The molecule has 0 aliphatic carbocycles. The second-order valence-corrected chi connectivity index (χ2v) is 8.62. The Kier molecular flexibility index (Phi) is 6.76. The summed E-state index contributed by atoms with van der Waals surface area (Å²) in [6, 6.07) is 8.22. The molecule has 0 aromatic carbocycles. The van der Waals surface area contributed by atoms with Gasteiger partial charge in [0.15, 0.2) is 0 Å². The van der Waals surface area contributed by atoms with Crippen molar-refractivity contribution in [3.63, 3.8) is 0 Å². The zero-order chi connectivity index (χ0) is 21.6. The highest BCUT2D eigenvalue weighted by atomic mass is 16.2. The van der Waals surface area contributed by atoms with Crippen LogP contribution in [-0.4, -0.2) is 51.9 Å². The summed E-state index contributed by atoms with van der Waals surface area (Å²) >= 11 is 0. The van der Waals surface area contributed by atoms with Crippen LogP contribution in [0.4, 0.5) is 5.95 Å². The molecule has 2 fully saturated rings. The van der Waals surface area contributed by atoms with Crippen LogP contribution in [0.15, 0.2) is 24.4 Å². The van der Waals surface area contributed by atoms with E-state index in [0.29, 0.717) is 25.4 Å². The Balaban J connectivity index is 1.56. The third kappa shape index (κ3) is 5.38. The van der Waals surface area contributed by atoms with Gasteiger partial charge in [-0.25, -0.2) is 9.97 Å². The number of likely N-dealkylation sites (tertiary alicyclic amines) is 1. The van der Waals surface area contributed by atoms with Gasteiger partial charge in [-0.1, -0.05) is 0 Å². The number of carbonyl (C=O) groups is 1. The molecule has 7 nitrogen and oxygen atoms in total. The van der Waals surface area contributed by atoms with Crippen molar-refractivity contribution in [1.82, 2.24) is 19.9 Å².